The number of hydrogen-bond acceptors (Lipinski definition) is 6. The molecule has 0 bridgehead atoms. The topological polar surface area (TPSA) is 102 Å². The molecule has 0 atom stereocenters. The SMILES string of the molecule is CC(C)(C)OC(=O)NCCCCCCCCCCC(=O)ON1C(=O)CCC1=O. The number of imide groups is 1. The van der Waals surface area contributed by atoms with Crippen LogP contribution in [-0.4, -0.2) is 41.1 Å². The van der Waals surface area contributed by atoms with E-state index in [4.69, 9.17) is 9.57 Å². The lowest BCUT2D eigenvalue weighted by Crippen LogP contribution is -2.32. The molecule has 0 saturated carbocycles. The summed E-state index contributed by atoms with van der Waals surface area (Å²) in [6.45, 7) is 6.14. The van der Waals surface area contributed by atoms with Gasteiger partial charge in [0.1, 0.15) is 5.60 Å². The number of hydrogen-bond donors (Lipinski definition) is 1. The van der Waals surface area contributed by atoms with Gasteiger partial charge in [-0.05, 0) is 33.6 Å². The molecule has 1 rings (SSSR count). The maximum absolute atomic E-state index is 11.6. The Morgan fingerprint density at radius 1 is 0.893 bits per heavy atom. The molecule has 8 nitrogen and oxygen atoms in total. The van der Waals surface area contributed by atoms with Crippen molar-refractivity contribution < 1.29 is 28.8 Å². The van der Waals surface area contributed by atoms with Gasteiger partial charge in [0.15, 0.2) is 0 Å². The van der Waals surface area contributed by atoms with Crippen LogP contribution in [0.4, 0.5) is 4.79 Å². The number of unbranched alkanes of at least 4 members (excludes halogenated alkanes) is 7. The number of nitrogens with zero attached hydrogens (tertiary/aromatic N) is 1. The predicted octanol–water partition coefficient (Wildman–Crippen LogP) is 3.63. The van der Waals surface area contributed by atoms with Crippen LogP contribution >= 0.6 is 0 Å². The van der Waals surface area contributed by atoms with Crippen LogP contribution in [0.15, 0.2) is 0 Å². The summed E-state index contributed by atoms with van der Waals surface area (Å²) in [7, 11) is 0. The quantitative estimate of drug-likeness (QED) is 0.398. The van der Waals surface area contributed by atoms with Crippen LogP contribution in [0.5, 0.6) is 0 Å². The van der Waals surface area contributed by atoms with E-state index in [1.165, 1.54) is 0 Å². The number of amides is 3. The first-order chi connectivity index (χ1) is 13.2. The van der Waals surface area contributed by atoms with Crippen molar-refractivity contribution in [2.45, 2.75) is 97.0 Å². The second kappa shape index (κ2) is 12.4. The van der Waals surface area contributed by atoms with E-state index < -0.39 is 23.4 Å². The smallest absolute Gasteiger partial charge is 0.407 e. The van der Waals surface area contributed by atoms with E-state index in [1.807, 2.05) is 20.8 Å². The van der Waals surface area contributed by atoms with Crippen molar-refractivity contribution in [3.05, 3.63) is 0 Å². The fourth-order valence-corrected chi connectivity index (χ4v) is 2.76. The molecule has 1 fully saturated rings. The van der Waals surface area contributed by atoms with Gasteiger partial charge in [0, 0.05) is 25.8 Å². The molecule has 0 radical (unpaired) electrons. The van der Waals surface area contributed by atoms with E-state index in [0.717, 1.165) is 44.9 Å². The molecular weight excluding hydrogens is 364 g/mol. The van der Waals surface area contributed by atoms with Crippen molar-refractivity contribution in [3.8, 4) is 0 Å². The molecule has 1 N–H and O–H groups in total. The standard InChI is InChI=1S/C20H34N2O6/c1-20(2,3)27-19(26)21-15-11-9-7-5-4-6-8-10-12-18(25)28-22-16(23)13-14-17(22)24/h4-15H2,1-3H3,(H,21,26). The summed E-state index contributed by atoms with van der Waals surface area (Å²) in [5.74, 6) is -1.42. The third kappa shape index (κ3) is 10.9. The number of nitrogens with one attached hydrogen (secondary N) is 1. The minimum Gasteiger partial charge on any atom is -0.444 e. The highest BCUT2D eigenvalue weighted by Crippen LogP contribution is 2.14. The maximum Gasteiger partial charge on any atom is 0.407 e. The van der Waals surface area contributed by atoms with Gasteiger partial charge in [-0.15, -0.1) is 5.06 Å². The van der Waals surface area contributed by atoms with E-state index in [1.54, 1.807) is 0 Å². The first kappa shape index (κ1) is 23.9. The molecule has 28 heavy (non-hydrogen) atoms. The molecule has 0 unspecified atom stereocenters. The summed E-state index contributed by atoms with van der Waals surface area (Å²) in [6.07, 6.45) is 8.02. The molecule has 1 heterocycles. The summed E-state index contributed by atoms with van der Waals surface area (Å²) >= 11 is 0. The summed E-state index contributed by atoms with van der Waals surface area (Å²) in [5.41, 5.74) is -0.468. The first-order valence-corrected chi connectivity index (χ1v) is 10.2. The average molecular weight is 399 g/mol. The Labute approximate surface area is 167 Å². The maximum atomic E-state index is 11.6. The molecule has 1 saturated heterocycles. The number of alkyl carbamates (subject to hydrolysis) is 1. The first-order valence-electron chi connectivity index (χ1n) is 10.2. The van der Waals surface area contributed by atoms with Crippen molar-refractivity contribution >= 4 is 23.9 Å². The molecular formula is C20H34N2O6. The fourth-order valence-electron chi connectivity index (χ4n) is 2.76. The summed E-state index contributed by atoms with van der Waals surface area (Å²) in [6, 6.07) is 0. The summed E-state index contributed by atoms with van der Waals surface area (Å²) in [4.78, 5) is 50.6. The molecule has 3 amide bonds. The molecule has 8 heteroatoms. The van der Waals surface area contributed by atoms with Gasteiger partial charge in [0.2, 0.25) is 0 Å². The van der Waals surface area contributed by atoms with E-state index in [9.17, 15) is 19.2 Å². The van der Waals surface area contributed by atoms with E-state index in [0.29, 0.717) is 18.0 Å². The summed E-state index contributed by atoms with van der Waals surface area (Å²) in [5, 5.41) is 3.35. The van der Waals surface area contributed by atoms with Crippen LogP contribution < -0.4 is 5.32 Å². The van der Waals surface area contributed by atoms with Crippen LogP contribution in [0.1, 0.15) is 91.4 Å². The normalized spacial score (nSPS) is 14.3. The second-order valence-electron chi connectivity index (χ2n) is 8.05. The van der Waals surface area contributed by atoms with Gasteiger partial charge in [-0.2, -0.15) is 0 Å². The highest BCUT2D eigenvalue weighted by molar-refractivity contribution is 6.01. The van der Waals surface area contributed by atoms with E-state index in [2.05, 4.69) is 5.32 Å². The average Bonchev–Trinajstić information content (AvgIpc) is 2.90. The van der Waals surface area contributed by atoms with Crippen LogP contribution in [0.3, 0.4) is 0 Å². The van der Waals surface area contributed by atoms with Crippen molar-refractivity contribution in [1.82, 2.24) is 10.4 Å². The largest absolute Gasteiger partial charge is 0.444 e. The highest BCUT2D eigenvalue weighted by atomic mass is 16.7. The lowest BCUT2D eigenvalue weighted by atomic mass is 10.1. The minimum absolute atomic E-state index is 0.114. The molecule has 0 spiro atoms. The number of ether oxygens (including phenoxy) is 1. The second-order valence-corrected chi connectivity index (χ2v) is 8.05. The molecule has 0 aromatic carbocycles. The number of carbonyl (C=O) groups is 4. The molecule has 1 aliphatic rings. The Bertz CT molecular complexity index is 525. The lowest BCUT2D eigenvalue weighted by molar-refractivity contribution is -0.197. The van der Waals surface area contributed by atoms with Gasteiger partial charge in [0.25, 0.3) is 11.8 Å². The third-order valence-electron chi connectivity index (χ3n) is 4.17. The lowest BCUT2D eigenvalue weighted by Gasteiger charge is -2.19. The monoisotopic (exact) mass is 398 g/mol. The van der Waals surface area contributed by atoms with Gasteiger partial charge in [0.05, 0.1) is 0 Å². The minimum atomic E-state index is -0.527. The Kier molecular flexibility index (Phi) is 10.6. The zero-order valence-corrected chi connectivity index (χ0v) is 17.4. The Balaban J connectivity index is 1.89. The van der Waals surface area contributed by atoms with Crippen molar-refractivity contribution in [1.29, 1.82) is 0 Å². The third-order valence-corrected chi connectivity index (χ3v) is 4.17. The van der Waals surface area contributed by atoms with Crippen molar-refractivity contribution in [2.24, 2.45) is 0 Å². The van der Waals surface area contributed by atoms with Crippen LogP contribution in [-0.2, 0) is 24.0 Å². The Morgan fingerprint density at radius 2 is 1.39 bits per heavy atom. The molecule has 1 aliphatic heterocycles. The van der Waals surface area contributed by atoms with Gasteiger partial charge < -0.3 is 14.9 Å². The number of hydroxylamine groups is 2. The molecule has 0 aromatic heterocycles. The van der Waals surface area contributed by atoms with Gasteiger partial charge in [-0.1, -0.05) is 38.5 Å². The zero-order chi connectivity index (χ0) is 21.0. The molecule has 0 aliphatic carbocycles. The van der Waals surface area contributed by atoms with Gasteiger partial charge >= 0.3 is 12.1 Å². The van der Waals surface area contributed by atoms with Crippen molar-refractivity contribution in [3.63, 3.8) is 0 Å². The summed E-state index contributed by atoms with van der Waals surface area (Å²) < 4.78 is 5.17. The van der Waals surface area contributed by atoms with Gasteiger partial charge in [-0.3, -0.25) is 9.59 Å². The fraction of sp³-hybridized carbons (Fsp3) is 0.800. The van der Waals surface area contributed by atoms with Crippen LogP contribution in [0, 0.1) is 0 Å². The van der Waals surface area contributed by atoms with Crippen LogP contribution in [0.2, 0.25) is 0 Å². The zero-order valence-electron chi connectivity index (χ0n) is 17.4. The number of carbonyl (C=O) groups excluding carboxylic acids is 4. The predicted molar refractivity (Wildman–Crippen MR) is 103 cm³/mol. The van der Waals surface area contributed by atoms with E-state index >= 15 is 0 Å². The highest BCUT2D eigenvalue weighted by Gasteiger charge is 2.32. The van der Waals surface area contributed by atoms with Crippen molar-refractivity contribution in [2.75, 3.05) is 6.54 Å². The number of rotatable bonds is 12. The van der Waals surface area contributed by atoms with E-state index in [-0.39, 0.29) is 25.4 Å². The van der Waals surface area contributed by atoms with Gasteiger partial charge in [-0.25, -0.2) is 9.59 Å². The Morgan fingerprint density at radius 3 is 1.93 bits per heavy atom. The van der Waals surface area contributed by atoms with Crippen LogP contribution in [0.25, 0.3) is 0 Å². The molecule has 160 valence electrons. The molecule has 0 aromatic rings. The Hall–Kier alpha value is -2.12.